The number of amides is 2. The number of urea groups is 1. The fraction of sp³-hybridized carbons (Fsp3) is 0.412. The largest absolute Gasteiger partial charge is 0.325 e. The summed E-state index contributed by atoms with van der Waals surface area (Å²) >= 11 is 0. The number of benzene rings is 1. The van der Waals surface area contributed by atoms with Crippen LogP contribution in [0.1, 0.15) is 18.4 Å². The highest BCUT2D eigenvalue weighted by molar-refractivity contribution is 7.89. The minimum absolute atomic E-state index is 0.0187. The molecule has 0 bridgehead atoms. The first-order valence-electron chi connectivity index (χ1n) is 8.49. The van der Waals surface area contributed by atoms with Crippen LogP contribution in [0.25, 0.3) is 0 Å². The highest BCUT2D eigenvalue weighted by atomic mass is 32.2. The molecule has 140 valence electrons. The van der Waals surface area contributed by atoms with E-state index in [1.54, 1.807) is 4.90 Å². The summed E-state index contributed by atoms with van der Waals surface area (Å²) in [7, 11) is -3.73. The molecule has 1 saturated heterocycles. The van der Waals surface area contributed by atoms with Crippen LogP contribution < -0.4 is 10.5 Å². The Hall–Kier alpha value is -2.39. The Morgan fingerprint density at radius 1 is 1.27 bits per heavy atom. The summed E-state index contributed by atoms with van der Waals surface area (Å²) in [6.07, 6.45) is 5.74. The summed E-state index contributed by atoms with van der Waals surface area (Å²) in [6.45, 7) is 4.27. The zero-order chi connectivity index (χ0) is 18.7. The molecule has 1 fully saturated rings. The molecule has 1 aliphatic rings. The molecule has 26 heavy (non-hydrogen) atoms. The number of nitrogens with zero attached hydrogens (tertiary/aromatic N) is 3. The smallest absolute Gasteiger partial charge is 0.321 e. The van der Waals surface area contributed by atoms with Crippen LogP contribution in [-0.2, 0) is 16.6 Å². The number of hydrogen-bond donors (Lipinski definition) is 2. The maximum Gasteiger partial charge on any atom is 0.321 e. The number of nitrogens with one attached hydrogen (secondary N) is 1. The first kappa shape index (κ1) is 18.4. The standard InChI is InChI=1S/C17H23N5O3S/c1-13-10-19-22(11-13)12-14-6-8-21(9-7-14)17(23)20-15-2-4-16(5-3-15)26(18,24)25/h2-5,10-11,14H,6-9,12H2,1H3,(H,20,23)(H2,18,24,25). The molecule has 9 heteroatoms. The number of anilines is 1. The van der Waals surface area contributed by atoms with Crippen LogP contribution in [0, 0.1) is 12.8 Å². The highest BCUT2D eigenvalue weighted by Gasteiger charge is 2.23. The first-order chi connectivity index (χ1) is 12.3. The fourth-order valence-electron chi connectivity index (χ4n) is 3.08. The van der Waals surface area contributed by atoms with Gasteiger partial charge < -0.3 is 10.2 Å². The number of nitrogens with two attached hydrogens (primary N) is 1. The number of piperidine rings is 1. The van der Waals surface area contributed by atoms with E-state index >= 15 is 0 Å². The van der Waals surface area contributed by atoms with E-state index in [-0.39, 0.29) is 10.9 Å². The third kappa shape index (κ3) is 4.61. The van der Waals surface area contributed by atoms with E-state index in [1.165, 1.54) is 24.3 Å². The van der Waals surface area contributed by atoms with Gasteiger partial charge >= 0.3 is 6.03 Å². The lowest BCUT2D eigenvalue weighted by atomic mass is 9.97. The van der Waals surface area contributed by atoms with Gasteiger partial charge in [0.15, 0.2) is 0 Å². The molecule has 0 radical (unpaired) electrons. The van der Waals surface area contributed by atoms with E-state index in [0.717, 1.165) is 24.9 Å². The summed E-state index contributed by atoms with van der Waals surface area (Å²) in [5.74, 6) is 0.507. The Labute approximate surface area is 153 Å². The topological polar surface area (TPSA) is 110 Å². The van der Waals surface area contributed by atoms with E-state index in [1.807, 2.05) is 24.0 Å². The molecule has 0 spiro atoms. The Bertz CT molecular complexity index is 868. The molecular weight excluding hydrogens is 354 g/mol. The Morgan fingerprint density at radius 2 is 1.92 bits per heavy atom. The third-order valence-corrected chi connectivity index (χ3v) is 5.47. The molecule has 1 aromatic heterocycles. The van der Waals surface area contributed by atoms with Crippen molar-refractivity contribution in [2.75, 3.05) is 18.4 Å². The Morgan fingerprint density at radius 3 is 2.46 bits per heavy atom. The number of likely N-dealkylation sites (tertiary alicyclic amines) is 1. The summed E-state index contributed by atoms with van der Waals surface area (Å²) in [4.78, 5) is 14.2. The van der Waals surface area contributed by atoms with Crippen molar-refractivity contribution in [3.63, 3.8) is 0 Å². The SMILES string of the molecule is Cc1cnn(CC2CCN(C(=O)Nc3ccc(S(N)(=O)=O)cc3)CC2)c1. The molecule has 0 unspecified atom stereocenters. The van der Waals surface area contributed by atoms with Crippen LogP contribution in [-0.4, -0.2) is 42.2 Å². The van der Waals surface area contributed by atoms with Crippen molar-refractivity contribution in [1.82, 2.24) is 14.7 Å². The second-order valence-electron chi connectivity index (χ2n) is 6.67. The second kappa shape index (κ2) is 7.46. The van der Waals surface area contributed by atoms with Crippen molar-refractivity contribution >= 4 is 21.7 Å². The molecular formula is C17H23N5O3S. The van der Waals surface area contributed by atoms with Gasteiger partial charge in [0.05, 0.1) is 11.1 Å². The number of hydrogen-bond acceptors (Lipinski definition) is 4. The van der Waals surface area contributed by atoms with Gasteiger partial charge in [-0.2, -0.15) is 5.10 Å². The van der Waals surface area contributed by atoms with Gasteiger partial charge in [-0.15, -0.1) is 0 Å². The van der Waals surface area contributed by atoms with E-state index in [4.69, 9.17) is 5.14 Å². The van der Waals surface area contributed by atoms with E-state index < -0.39 is 10.0 Å². The number of aromatic nitrogens is 2. The van der Waals surface area contributed by atoms with Gasteiger partial charge in [-0.25, -0.2) is 18.4 Å². The van der Waals surface area contributed by atoms with Crippen molar-refractivity contribution in [2.24, 2.45) is 11.1 Å². The minimum atomic E-state index is -3.73. The molecule has 3 N–H and O–H groups in total. The van der Waals surface area contributed by atoms with E-state index in [0.29, 0.717) is 24.7 Å². The quantitative estimate of drug-likeness (QED) is 0.846. The number of rotatable bonds is 4. The number of aryl methyl sites for hydroxylation is 1. The molecule has 1 aromatic carbocycles. The summed E-state index contributed by atoms with van der Waals surface area (Å²) in [5.41, 5.74) is 1.69. The van der Waals surface area contributed by atoms with Gasteiger partial charge in [-0.05, 0) is 55.5 Å². The maximum absolute atomic E-state index is 12.4. The molecule has 2 heterocycles. The summed E-state index contributed by atoms with van der Waals surface area (Å²) < 4.78 is 24.5. The molecule has 1 aliphatic heterocycles. The lowest BCUT2D eigenvalue weighted by molar-refractivity contribution is 0.175. The predicted molar refractivity (Wildman–Crippen MR) is 98.1 cm³/mol. The molecule has 0 atom stereocenters. The van der Waals surface area contributed by atoms with Gasteiger partial charge in [0, 0.05) is 31.5 Å². The van der Waals surface area contributed by atoms with Gasteiger partial charge in [-0.3, -0.25) is 4.68 Å². The first-order valence-corrected chi connectivity index (χ1v) is 10.0. The number of carbonyl (C=O) groups excluding carboxylic acids is 1. The van der Waals surface area contributed by atoms with Crippen molar-refractivity contribution in [2.45, 2.75) is 31.2 Å². The van der Waals surface area contributed by atoms with E-state index in [9.17, 15) is 13.2 Å². The van der Waals surface area contributed by atoms with Crippen LogP contribution in [0.5, 0.6) is 0 Å². The number of carbonyl (C=O) groups is 1. The van der Waals surface area contributed by atoms with Crippen LogP contribution in [0.3, 0.4) is 0 Å². The van der Waals surface area contributed by atoms with E-state index in [2.05, 4.69) is 10.4 Å². The van der Waals surface area contributed by atoms with Gasteiger partial charge in [-0.1, -0.05) is 0 Å². The van der Waals surface area contributed by atoms with Crippen molar-refractivity contribution < 1.29 is 13.2 Å². The molecule has 0 saturated carbocycles. The Kier molecular flexibility index (Phi) is 5.28. The number of sulfonamides is 1. The van der Waals surface area contributed by atoms with Gasteiger partial charge in [0.1, 0.15) is 0 Å². The van der Waals surface area contributed by atoms with Crippen LogP contribution in [0.4, 0.5) is 10.5 Å². The molecule has 2 aromatic rings. The van der Waals surface area contributed by atoms with Crippen LogP contribution in [0.2, 0.25) is 0 Å². The molecule has 8 nitrogen and oxygen atoms in total. The van der Waals surface area contributed by atoms with Gasteiger partial charge in [0.25, 0.3) is 0 Å². The second-order valence-corrected chi connectivity index (χ2v) is 8.23. The average Bonchev–Trinajstić information content (AvgIpc) is 3.00. The van der Waals surface area contributed by atoms with Gasteiger partial charge in [0.2, 0.25) is 10.0 Å². The monoisotopic (exact) mass is 377 g/mol. The lowest BCUT2D eigenvalue weighted by Gasteiger charge is -2.32. The average molecular weight is 377 g/mol. The minimum Gasteiger partial charge on any atom is -0.325 e. The van der Waals surface area contributed by atoms with Crippen molar-refractivity contribution in [1.29, 1.82) is 0 Å². The zero-order valence-electron chi connectivity index (χ0n) is 14.6. The Balaban J connectivity index is 1.50. The summed E-state index contributed by atoms with van der Waals surface area (Å²) in [5, 5.41) is 12.2. The van der Waals surface area contributed by atoms with Crippen molar-refractivity contribution in [3.8, 4) is 0 Å². The number of primary sulfonamides is 1. The molecule has 3 rings (SSSR count). The third-order valence-electron chi connectivity index (χ3n) is 4.54. The zero-order valence-corrected chi connectivity index (χ0v) is 15.4. The van der Waals surface area contributed by atoms with Crippen molar-refractivity contribution in [3.05, 3.63) is 42.2 Å². The molecule has 2 amide bonds. The van der Waals surface area contributed by atoms with Crippen LogP contribution >= 0.6 is 0 Å². The maximum atomic E-state index is 12.4. The lowest BCUT2D eigenvalue weighted by Crippen LogP contribution is -2.41. The predicted octanol–water partition coefficient (Wildman–Crippen LogP) is 1.78. The fourth-order valence-corrected chi connectivity index (χ4v) is 3.60. The normalized spacial score (nSPS) is 15.8. The van der Waals surface area contributed by atoms with Crippen LogP contribution in [0.15, 0.2) is 41.6 Å². The highest BCUT2D eigenvalue weighted by Crippen LogP contribution is 2.20. The molecule has 0 aliphatic carbocycles. The summed E-state index contributed by atoms with van der Waals surface area (Å²) in [6, 6.07) is 5.64.